The first-order valence-electron chi connectivity index (χ1n) is 11.0. The van der Waals surface area contributed by atoms with E-state index in [1.165, 1.54) is 0 Å². The van der Waals surface area contributed by atoms with Gasteiger partial charge in [-0.2, -0.15) is 5.10 Å². The number of carbonyl (C=O) groups is 1. The number of benzene rings is 2. The van der Waals surface area contributed by atoms with E-state index < -0.39 is 0 Å². The molecule has 1 aromatic heterocycles. The van der Waals surface area contributed by atoms with Crippen molar-refractivity contribution >= 4 is 5.91 Å². The molecule has 2 aliphatic rings. The topological polar surface area (TPSA) is 78.6 Å². The minimum Gasteiger partial charge on any atom is -0.454 e. The van der Waals surface area contributed by atoms with Gasteiger partial charge in [-0.1, -0.05) is 30.3 Å². The van der Waals surface area contributed by atoms with Crippen LogP contribution in [0.25, 0.3) is 0 Å². The first kappa shape index (κ1) is 20.4. The standard InChI is InChI=1S/C24H26N4O4/c1-2-27-22(25-28(24(27)30)15-17-6-4-3-5-7-17)18-10-12-26(13-11-18)23(29)19-8-9-20-21(14-19)32-16-31-20/h3-9,14,18H,2,10-13,15-16H2,1H3. The zero-order valence-electron chi connectivity index (χ0n) is 18.1. The largest absolute Gasteiger partial charge is 0.454 e. The van der Waals surface area contributed by atoms with Crippen molar-refractivity contribution in [3.8, 4) is 11.5 Å². The van der Waals surface area contributed by atoms with Gasteiger partial charge in [0.1, 0.15) is 5.82 Å². The summed E-state index contributed by atoms with van der Waals surface area (Å²) in [6.07, 6.45) is 1.55. The SMILES string of the molecule is CCn1c(C2CCN(C(=O)c3ccc4c(c3)OCO4)CC2)nn(Cc2ccccc2)c1=O. The first-order chi connectivity index (χ1) is 15.6. The Morgan fingerprint density at radius 2 is 1.81 bits per heavy atom. The average molecular weight is 434 g/mol. The number of piperidine rings is 1. The lowest BCUT2D eigenvalue weighted by Crippen LogP contribution is -2.38. The van der Waals surface area contributed by atoms with E-state index in [1.54, 1.807) is 27.4 Å². The molecule has 166 valence electrons. The molecule has 3 aromatic rings. The predicted molar refractivity (Wildman–Crippen MR) is 118 cm³/mol. The Bertz CT molecular complexity index is 1180. The van der Waals surface area contributed by atoms with Gasteiger partial charge < -0.3 is 14.4 Å². The summed E-state index contributed by atoms with van der Waals surface area (Å²) in [5.74, 6) is 2.25. The van der Waals surface area contributed by atoms with Gasteiger partial charge in [0.2, 0.25) is 6.79 Å². The molecule has 8 nitrogen and oxygen atoms in total. The fraction of sp³-hybridized carbons (Fsp3) is 0.375. The number of rotatable bonds is 5. The van der Waals surface area contributed by atoms with Crippen LogP contribution in [0.3, 0.4) is 0 Å². The van der Waals surface area contributed by atoms with Gasteiger partial charge in [-0.05, 0) is 43.5 Å². The van der Waals surface area contributed by atoms with Gasteiger partial charge in [0.25, 0.3) is 5.91 Å². The Kier molecular flexibility index (Phi) is 5.43. The zero-order valence-corrected chi connectivity index (χ0v) is 18.1. The quantitative estimate of drug-likeness (QED) is 0.617. The van der Waals surface area contributed by atoms with E-state index >= 15 is 0 Å². The summed E-state index contributed by atoms with van der Waals surface area (Å²) < 4.78 is 14.0. The summed E-state index contributed by atoms with van der Waals surface area (Å²) in [7, 11) is 0. The molecule has 0 bridgehead atoms. The van der Waals surface area contributed by atoms with Gasteiger partial charge in [0.05, 0.1) is 6.54 Å². The van der Waals surface area contributed by atoms with Crippen LogP contribution >= 0.6 is 0 Å². The highest BCUT2D eigenvalue weighted by atomic mass is 16.7. The normalized spacial score (nSPS) is 15.8. The maximum absolute atomic E-state index is 13.0. The Morgan fingerprint density at radius 3 is 2.56 bits per heavy atom. The molecule has 0 atom stereocenters. The molecule has 32 heavy (non-hydrogen) atoms. The molecule has 0 saturated carbocycles. The fourth-order valence-electron chi connectivity index (χ4n) is 4.47. The summed E-state index contributed by atoms with van der Waals surface area (Å²) >= 11 is 0. The molecule has 1 fully saturated rings. The summed E-state index contributed by atoms with van der Waals surface area (Å²) in [5.41, 5.74) is 1.57. The van der Waals surface area contributed by atoms with Crippen LogP contribution in [0.2, 0.25) is 0 Å². The Hall–Kier alpha value is -3.55. The number of carbonyl (C=O) groups excluding carboxylic acids is 1. The summed E-state index contributed by atoms with van der Waals surface area (Å²) in [5, 5.41) is 4.70. The maximum atomic E-state index is 13.0. The summed E-state index contributed by atoms with van der Waals surface area (Å²) in [6.45, 7) is 4.45. The van der Waals surface area contributed by atoms with Crippen LogP contribution < -0.4 is 15.2 Å². The highest BCUT2D eigenvalue weighted by Gasteiger charge is 2.29. The van der Waals surface area contributed by atoms with E-state index in [4.69, 9.17) is 14.6 Å². The Labute approximate surface area is 186 Å². The highest BCUT2D eigenvalue weighted by Crippen LogP contribution is 2.33. The molecule has 0 aliphatic carbocycles. The monoisotopic (exact) mass is 434 g/mol. The minimum atomic E-state index is -0.0785. The lowest BCUT2D eigenvalue weighted by atomic mass is 9.95. The van der Waals surface area contributed by atoms with Crippen molar-refractivity contribution in [2.75, 3.05) is 19.9 Å². The second-order valence-corrected chi connectivity index (χ2v) is 8.16. The maximum Gasteiger partial charge on any atom is 0.346 e. The highest BCUT2D eigenvalue weighted by molar-refractivity contribution is 5.95. The van der Waals surface area contributed by atoms with Crippen LogP contribution in [-0.2, 0) is 13.1 Å². The van der Waals surface area contributed by atoms with Gasteiger partial charge in [0.15, 0.2) is 11.5 Å². The van der Waals surface area contributed by atoms with Gasteiger partial charge in [0, 0.05) is 31.1 Å². The number of nitrogens with zero attached hydrogens (tertiary/aromatic N) is 4. The number of aromatic nitrogens is 3. The molecular weight excluding hydrogens is 408 g/mol. The number of hydrogen-bond donors (Lipinski definition) is 0. The van der Waals surface area contributed by atoms with Crippen molar-refractivity contribution in [2.45, 2.75) is 38.8 Å². The van der Waals surface area contributed by atoms with E-state index in [0.717, 1.165) is 24.2 Å². The van der Waals surface area contributed by atoms with E-state index in [2.05, 4.69) is 0 Å². The van der Waals surface area contributed by atoms with Gasteiger partial charge in [-0.25, -0.2) is 9.48 Å². The minimum absolute atomic E-state index is 0.00996. The van der Waals surface area contributed by atoms with E-state index in [9.17, 15) is 9.59 Å². The van der Waals surface area contributed by atoms with E-state index in [0.29, 0.717) is 43.2 Å². The van der Waals surface area contributed by atoms with Crippen LogP contribution in [0.15, 0.2) is 53.3 Å². The number of amides is 1. The van der Waals surface area contributed by atoms with Gasteiger partial charge >= 0.3 is 5.69 Å². The molecule has 0 spiro atoms. The molecule has 0 radical (unpaired) electrons. The summed E-state index contributed by atoms with van der Waals surface area (Å²) in [4.78, 5) is 27.7. The van der Waals surface area contributed by atoms with Crippen molar-refractivity contribution in [2.24, 2.45) is 0 Å². The molecule has 3 heterocycles. The third kappa shape index (κ3) is 3.77. The fourth-order valence-corrected chi connectivity index (χ4v) is 4.47. The van der Waals surface area contributed by atoms with Gasteiger partial charge in [-0.15, -0.1) is 0 Å². The predicted octanol–water partition coefficient (Wildman–Crippen LogP) is 2.86. The molecule has 1 amide bonds. The van der Waals surface area contributed by atoms with Crippen molar-refractivity contribution in [1.29, 1.82) is 0 Å². The number of hydrogen-bond acceptors (Lipinski definition) is 5. The molecule has 2 aliphatic heterocycles. The van der Waals surface area contributed by atoms with Crippen LogP contribution in [0.4, 0.5) is 0 Å². The molecule has 0 N–H and O–H groups in total. The van der Waals surface area contributed by atoms with E-state index in [1.807, 2.05) is 42.2 Å². The molecule has 1 saturated heterocycles. The van der Waals surface area contributed by atoms with Gasteiger partial charge in [-0.3, -0.25) is 9.36 Å². The van der Waals surface area contributed by atoms with Crippen molar-refractivity contribution in [3.05, 3.63) is 76.0 Å². The lowest BCUT2D eigenvalue weighted by molar-refractivity contribution is 0.0709. The Balaban J connectivity index is 1.29. The van der Waals surface area contributed by atoms with Crippen LogP contribution in [0.1, 0.15) is 47.4 Å². The number of fused-ring (bicyclic) bond motifs is 1. The molecule has 2 aromatic carbocycles. The molecule has 5 rings (SSSR count). The lowest BCUT2D eigenvalue weighted by Gasteiger charge is -2.31. The molecular formula is C24H26N4O4. The van der Waals surface area contributed by atoms with Crippen molar-refractivity contribution in [3.63, 3.8) is 0 Å². The number of ether oxygens (including phenoxy) is 2. The Morgan fingerprint density at radius 1 is 1.06 bits per heavy atom. The second-order valence-electron chi connectivity index (χ2n) is 8.16. The second kappa shape index (κ2) is 8.53. The molecule has 8 heteroatoms. The van der Waals surface area contributed by atoms with Crippen LogP contribution in [-0.4, -0.2) is 45.0 Å². The number of likely N-dealkylation sites (tertiary alicyclic amines) is 1. The average Bonchev–Trinajstić information content (AvgIpc) is 3.43. The van der Waals surface area contributed by atoms with Crippen molar-refractivity contribution < 1.29 is 14.3 Å². The third-order valence-electron chi connectivity index (χ3n) is 6.21. The first-order valence-corrected chi connectivity index (χ1v) is 11.0. The molecule has 0 unspecified atom stereocenters. The van der Waals surface area contributed by atoms with Crippen LogP contribution in [0.5, 0.6) is 11.5 Å². The summed E-state index contributed by atoms with van der Waals surface area (Å²) in [6, 6.07) is 15.2. The van der Waals surface area contributed by atoms with Crippen molar-refractivity contribution in [1.82, 2.24) is 19.2 Å². The zero-order chi connectivity index (χ0) is 22.1. The van der Waals surface area contributed by atoms with E-state index in [-0.39, 0.29) is 24.3 Å². The smallest absolute Gasteiger partial charge is 0.346 e. The third-order valence-corrected chi connectivity index (χ3v) is 6.21. The van der Waals surface area contributed by atoms with Crippen LogP contribution in [0, 0.1) is 0 Å².